The summed E-state index contributed by atoms with van der Waals surface area (Å²) in [5, 5.41) is 6.62. The summed E-state index contributed by atoms with van der Waals surface area (Å²) in [4.78, 5) is 0. The van der Waals surface area contributed by atoms with Crippen LogP contribution in [0.15, 0.2) is 9.85 Å². The van der Waals surface area contributed by atoms with Gasteiger partial charge in [-0.15, -0.1) is 0 Å². The maximum Gasteiger partial charge on any atom is 0.251 e. The summed E-state index contributed by atoms with van der Waals surface area (Å²) in [5.41, 5.74) is 1.85. The zero-order valence-corrected chi connectivity index (χ0v) is 5.47. The zero-order valence-electron chi connectivity index (χ0n) is 3.84. The molecule has 1 aromatic rings. The Kier molecular flexibility index (Phi) is 1.64. The highest BCUT2D eigenvalue weighted by Crippen LogP contribution is 2.12. The SMILES string of the molecule is CSc1n[nH+]cs1. The zero-order chi connectivity index (χ0) is 5.11. The van der Waals surface area contributed by atoms with E-state index in [1.54, 1.807) is 23.1 Å². The summed E-state index contributed by atoms with van der Waals surface area (Å²) in [6.07, 6.45) is 2.01. The molecule has 4 heteroatoms. The smallest absolute Gasteiger partial charge is 0.0945 e. The van der Waals surface area contributed by atoms with Crippen molar-refractivity contribution in [2.24, 2.45) is 0 Å². The van der Waals surface area contributed by atoms with Crippen molar-refractivity contribution in [2.75, 3.05) is 6.26 Å². The van der Waals surface area contributed by atoms with Crippen LogP contribution in [0.25, 0.3) is 0 Å². The number of rotatable bonds is 1. The Labute approximate surface area is 50.0 Å². The lowest BCUT2D eigenvalue weighted by atomic mass is 11.6. The molecule has 0 spiro atoms. The van der Waals surface area contributed by atoms with Gasteiger partial charge in [0.15, 0.2) is 0 Å². The average molecular weight is 133 g/mol. The van der Waals surface area contributed by atoms with Gasteiger partial charge in [-0.2, -0.15) is 0 Å². The van der Waals surface area contributed by atoms with Gasteiger partial charge in [-0.25, -0.2) is 0 Å². The van der Waals surface area contributed by atoms with Gasteiger partial charge in [0, 0.05) is 5.10 Å². The Bertz CT molecular complexity index is 125. The van der Waals surface area contributed by atoms with Gasteiger partial charge in [0.05, 0.1) is 0 Å². The summed E-state index contributed by atoms with van der Waals surface area (Å²) >= 11 is 3.27. The van der Waals surface area contributed by atoms with Crippen molar-refractivity contribution in [1.82, 2.24) is 5.10 Å². The highest BCUT2D eigenvalue weighted by Gasteiger charge is 1.93. The number of nitrogens with one attached hydrogen (secondary N) is 1. The van der Waals surface area contributed by atoms with Gasteiger partial charge in [0.2, 0.25) is 4.34 Å². The molecular weight excluding hydrogens is 128 g/mol. The average Bonchev–Trinajstić information content (AvgIpc) is 2.14. The first-order valence-electron chi connectivity index (χ1n) is 1.79. The highest BCUT2D eigenvalue weighted by molar-refractivity contribution is 8.00. The third kappa shape index (κ3) is 1.14. The number of thioether (sulfide) groups is 1. The second-order valence-electron chi connectivity index (χ2n) is 0.947. The predicted molar refractivity (Wildman–Crippen MR) is 30.5 cm³/mol. The van der Waals surface area contributed by atoms with Crippen molar-refractivity contribution in [1.29, 1.82) is 0 Å². The largest absolute Gasteiger partial charge is 0.251 e. The first-order chi connectivity index (χ1) is 3.43. The predicted octanol–water partition coefficient (Wildman–Crippen LogP) is 0.679. The molecule has 0 bridgehead atoms. The van der Waals surface area contributed by atoms with Crippen molar-refractivity contribution in [3.05, 3.63) is 5.51 Å². The van der Waals surface area contributed by atoms with Crippen LogP contribution in [0.1, 0.15) is 0 Å². The van der Waals surface area contributed by atoms with Gasteiger partial charge in [0.25, 0.3) is 5.51 Å². The highest BCUT2D eigenvalue weighted by atomic mass is 32.2. The van der Waals surface area contributed by atoms with Gasteiger partial charge < -0.3 is 0 Å². The normalized spacial score (nSPS) is 9.29. The number of aromatic amines is 1. The summed E-state index contributed by atoms with van der Waals surface area (Å²) in [6, 6.07) is 0. The van der Waals surface area contributed by atoms with E-state index < -0.39 is 0 Å². The summed E-state index contributed by atoms with van der Waals surface area (Å²) in [5.74, 6) is 0. The molecule has 0 aliphatic heterocycles. The van der Waals surface area contributed by atoms with E-state index in [0.717, 1.165) is 4.34 Å². The molecule has 7 heavy (non-hydrogen) atoms. The fraction of sp³-hybridized carbons (Fsp3) is 0.333. The van der Waals surface area contributed by atoms with E-state index in [1.807, 2.05) is 11.8 Å². The van der Waals surface area contributed by atoms with Crippen molar-refractivity contribution in [2.45, 2.75) is 4.34 Å². The lowest BCUT2D eigenvalue weighted by molar-refractivity contribution is -0.451. The van der Waals surface area contributed by atoms with Crippen molar-refractivity contribution in [3.63, 3.8) is 0 Å². The molecule has 0 aromatic carbocycles. The van der Waals surface area contributed by atoms with Gasteiger partial charge in [0.1, 0.15) is 0 Å². The summed E-state index contributed by atoms with van der Waals surface area (Å²) < 4.78 is 1.08. The minimum absolute atomic E-state index is 1.08. The molecule has 0 saturated carbocycles. The van der Waals surface area contributed by atoms with Gasteiger partial charge in [-0.3, -0.25) is 0 Å². The van der Waals surface area contributed by atoms with Crippen LogP contribution in [-0.4, -0.2) is 11.4 Å². The molecular formula is C3H5N2S2+. The van der Waals surface area contributed by atoms with Crippen molar-refractivity contribution >= 4 is 23.1 Å². The molecule has 0 aliphatic carbocycles. The van der Waals surface area contributed by atoms with Crippen LogP contribution in [-0.2, 0) is 0 Å². The fourth-order valence-electron chi connectivity index (χ4n) is 0.276. The second-order valence-corrected chi connectivity index (χ2v) is 2.86. The molecule has 1 N–H and O–H groups in total. The van der Waals surface area contributed by atoms with Gasteiger partial charge in [-0.05, 0) is 17.6 Å². The first-order valence-corrected chi connectivity index (χ1v) is 3.89. The lowest BCUT2D eigenvalue weighted by Gasteiger charge is -1.70. The maximum atomic E-state index is 3.89. The Morgan fingerprint density at radius 1 is 2.00 bits per heavy atom. The summed E-state index contributed by atoms with van der Waals surface area (Å²) in [7, 11) is 0. The number of nitrogens with zero attached hydrogens (tertiary/aromatic N) is 1. The van der Waals surface area contributed by atoms with E-state index in [4.69, 9.17) is 0 Å². The molecule has 0 radical (unpaired) electrons. The lowest BCUT2D eigenvalue weighted by Crippen LogP contribution is -1.97. The van der Waals surface area contributed by atoms with Gasteiger partial charge in [-0.1, -0.05) is 16.9 Å². The van der Waals surface area contributed by atoms with Crippen LogP contribution in [0.4, 0.5) is 0 Å². The number of aromatic nitrogens is 2. The number of H-pyrrole nitrogens is 1. The standard InChI is InChI=1S/C3H4N2S2/c1-6-3-5-4-2-7-3/h2H,1H3/p+1. The van der Waals surface area contributed by atoms with E-state index >= 15 is 0 Å². The van der Waals surface area contributed by atoms with Crippen LogP contribution in [0.3, 0.4) is 0 Å². The van der Waals surface area contributed by atoms with Crippen molar-refractivity contribution in [3.8, 4) is 0 Å². The summed E-state index contributed by atoms with van der Waals surface area (Å²) in [6.45, 7) is 0. The van der Waals surface area contributed by atoms with Crippen LogP contribution in [0.5, 0.6) is 0 Å². The number of hydrogen-bond acceptors (Lipinski definition) is 3. The van der Waals surface area contributed by atoms with Crippen LogP contribution in [0.2, 0.25) is 0 Å². The van der Waals surface area contributed by atoms with E-state index in [0.29, 0.717) is 0 Å². The Balaban J connectivity index is 2.76. The van der Waals surface area contributed by atoms with Gasteiger partial charge >= 0.3 is 0 Å². The quantitative estimate of drug-likeness (QED) is 0.527. The van der Waals surface area contributed by atoms with Crippen LogP contribution >= 0.6 is 23.1 Å². The molecule has 0 saturated heterocycles. The minimum atomic E-state index is 1.08. The molecule has 38 valence electrons. The van der Waals surface area contributed by atoms with Crippen molar-refractivity contribution < 1.29 is 5.10 Å². The van der Waals surface area contributed by atoms with Crippen LogP contribution < -0.4 is 5.10 Å². The molecule has 0 atom stereocenters. The Morgan fingerprint density at radius 3 is 3.14 bits per heavy atom. The molecule has 1 rings (SSSR count). The molecule has 0 fully saturated rings. The molecule has 0 unspecified atom stereocenters. The monoisotopic (exact) mass is 133 g/mol. The van der Waals surface area contributed by atoms with E-state index in [-0.39, 0.29) is 0 Å². The van der Waals surface area contributed by atoms with E-state index in [1.165, 1.54) is 0 Å². The second kappa shape index (κ2) is 2.28. The van der Waals surface area contributed by atoms with Crippen LogP contribution in [0, 0.1) is 0 Å². The molecule has 1 aromatic heterocycles. The molecule has 2 nitrogen and oxygen atoms in total. The van der Waals surface area contributed by atoms with E-state index in [9.17, 15) is 0 Å². The Hall–Kier alpha value is -0.0900. The maximum absolute atomic E-state index is 3.89. The number of hydrogen-bond donors (Lipinski definition) is 0. The van der Waals surface area contributed by atoms with E-state index in [2.05, 4.69) is 10.2 Å². The minimum Gasteiger partial charge on any atom is -0.0945 e. The fourth-order valence-corrected chi connectivity index (χ4v) is 1.26. The topological polar surface area (TPSA) is 27.0 Å². The Morgan fingerprint density at radius 2 is 2.86 bits per heavy atom. The molecule has 1 heterocycles. The third-order valence-corrected chi connectivity index (χ3v) is 2.29. The molecule has 0 aliphatic rings. The third-order valence-electron chi connectivity index (χ3n) is 0.543. The first kappa shape index (κ1) is 5.05. The molecule has 0 amide bonds.